The molecule has 3 rings (SSSR count). The number of hydrogen-bond acceptors (Lipinski definition) is 4. The SMILES string of the molecule is COc1cc(C(=O)N2CCN(C(=O)C(C)C(N)c3ccccc3)CC2)ccc1C. The second-order valence-electron chi connectivity index (χ2n) is 7.53. The van der Waals surface area contributed by atoms with Crippen molar-refractivity contribution in [3.05, 3.63) is 65.2 Å². The Balaban J connectivity index is 1.59. The molecule has 1 fully saturated rings. The van der Waals surface area contributed by atoms with Gasteiger partial charge in [0.15, 0.2) is 0 Å². The summed E-state index contributed by atoms with van der Waals surface area (Å²) in [6, 6.07) is 14.8. The largest absolute Gasteiger partial charge is 0.496 e. The molecule has 1 saturated heterocycles. The molecule has 2 N–H and O–H groups in total. The van der Waals surface area contributed by atoms with Crippen molar-refractivity contribution in [2.45, 2.75) is 19.9 Å². The summed E-state index contributed by atoms with van der Waals surface area (Å²) in [5.41, 5.74) is 8.86. The van der Waals surface area contributed by atoms with Crippen molar-refractivity contribution in [2.75, 3.05) is 33.3 Å². The van der Waals surface area contributed by atoms with Crippen molar-refractivity contribution >= 4 is 11.8 Å². The highest BCUT2D eigenvalue weighted by atomic mass is 16.5. The highest BCUT2D eigenvalue weighted by Gasteiger charge is 2.30. The average molecular weight is 396 g/mol. The summed E-state index contributed by atoms with van der Waals surface area (Å²) in [6.07, 6.45) is 0. The van der Waals surface area contributed by atoms with Crippen LogP contribution >= 0.6 is 0 Å². The van der Waals surface area contributed by atoms with Crippen LogP contribution < -0.4 is 10.5 Å². The molecule has 29 heavy (non-hydrogen) atoms. The van der Waals surface area contributed by atoms with Gasteiger partial charge >= 0.3 is 0 Å². The molecule has 0 spiro atoms. The number of nitrogens with zero attached hydrogens (tertiary/aromatic N) is 2. The summed E-state index contributed by atoms with van der Waals surface area (Å²) < 4.78 is 5.32. The second kappa shape index (κ2) is 9.09. The van der Waals surface area contributed by atoms with Gasteiger partial charge in [-0.25, -0.2) is 0 Å². The molecule has 6 heteroatoms. The summed E-state index contributed by atoms with van der Waals surface area (Å²) in [5, 5.41) is 0. The van der Waals surface area contributed by atoms with Crippen LogP contribution in [0.25, 0.3) is 0 Å². The van der Waals surface area contributed by atoms with Gasteiger partial charge in [-0.2, -0.15) is 0 Å². The van der Waals surface area contributed by atoms with Gasteiger partial charge in [0.05, 0.1) is 13.0 Å². The minimum atomic E-state index is -0.344. The first-order valence-electron chi connectivity index (χ1n) is 9.95. The number of carbonyl (C=O) groups excluding carboxylic acids is 2. The Bertz CT molecular complexity index is 861. The summed E-state index contributed by atoms with van der Waals surface area (Å²) in [6.45, 7) is 5.86. The first kappa shape index (κ1) is 20.9. The number of methoxy groups -OCH3 is 1. The van der Waals surface area contributed by atoms with E-state index in [0.29, 0.717) is 37.5 Å². The lowest BCUT2D eigenvalue weighted by Gasteiger charge is -2.37. The average Bonchev–Trinajstić information content (AvgIpc) is 2.78. The van der Waals surface area contributed by atoms with Crippen molar-refractivity contribution < 1.29 is 14.3 Å². The molecule has 2 aromatic carbocycles. The summed E-state index contributed by atoms with van der Waals surface area (Å²) in [7, 11) is 1.60. The maximum absolute atomic E-state index is 12.9. The molecule has 1 aliphatic rings. The first-order valence-corrected chi connectivity index (χ1v) is 9.95. The molecule has 0 bridgehead atoms. The van der Waals surface area contributed by atoms with E-state index in [1.807, 2.05) is 61.2 Å². The van der Waals surface area contributed by atoms with Crippen LogP contribution in [0.15, 0.2) is 48.5 Å². The lowest BCUT2D eigenvalue weighted by Crippen LogP contribution is -2.52. The van der Waals surface area contributed by atoms with E-state index in [1.165, 1.54) is 0 Å². The predicted octanol–water partition coefficient (Wildman–Crippen LogP) is 2.62. The van der Waals surface area contributed by atoms with Gasteiger partial charge in [0.1, 0.15) is 5.75 Å². The molecule has 1 aliphatic heterocycles. The standard InChI is InChI=1S/C23H29N3O3/c1-16-9-10-19(15-20(16)29-3)23(28)26-13-11-25(12-14-26)22(27)17(2)21(24)18-7-5-4-6-8-18/h4-10,15,17,21H,11-14,24H2,1-3H3. The molecule has 0 radical (unpaired) electrons. The van der Waals surface area contributed by atoms with Crippen molar-refractivity contribution in [1.29, 1.82) is 0 Å². The van der Waals surface area contributed by atoms with Gasteiger partial charge in [-0.15, -0.1) is 0 Å². The maximum Gasteiger partial charge on any atom is 0.254 e. The molecule has 1 heterocycles. The van der Waals surface area contributed by atoms with Crippen LogP contribution in [0.3, 0.4) is 0 Å². The monoisotopic (exact) mass is 395 g/mol. The van der Waals surface area contributed by atoms with Crippen LogP contribution in [-0.2, 0) is 4.79 Å². The zero-order valence-corrected chi connectivity index (χ0v) is 17.3. The summed E-state index contributed by atoms with van der Waals surface area (Å²) >= 11 is 0. The minimum absolute atomic E-state index is 0.0328. The third-order valence-electron chi connectivity index (χ3n) is 5.65. The minimum Gasteiger partial charge on any atom is -0.496 e. The first-order chi connectivity index (χ1) is 13.9. The highest BCUT2D eigenvalue weighted by Crippen LogP contribution is 2.23. The van der Waals surface area contributed by atoms with Crippen LogP contribution in [0.2, 0.25) is 0 Å². The molecule has 2 atom stereocenters. The Morgan fingerprint density at radius 1 is 1.00 bits per heavy atom. The normalized spacial score (nSPS) is 16.3. The molecule has 0 aromatic heterocycles. The van der Waals surface area contributed by atoms with Crippen LogP contribution in [0.5, 0.6) is 5.75 Å². The van der Waals surface area contributed by atoms with Crippen LogP contribution in [-0.4, -0.2) is 54.9 Å². The Hall–Kier alpha value is -2.86. The Morgan fingerprint density at radius 3 is 2.24 bits per heavy atom. The van der Waals surface area contributed by atoms with Gasteiger partial charge < -0.3 is 20.3 Å². The molecular weight excluding hydrogens is 366 g/mol. The number of benzene rings is 2. The van der Waals surface area contributed by atoms with Crippen molar-refractivity contribution in [3.8, 4) is 5.75 Å². The maximum atomic E-state index is 12.9. The molecule has 0 aliphatic carbocycles. The van der Waals surface area contributed by atoms with Gasteiger partial charge in [-0.3, -0.25) is 9.59 Å². The van der Waals surface area contributed by atoms with Crippen LogP contribution in [0, 0.1) is 12.8 Å². The van der Waals surface area contributed by atoms with E-state index in [2.05, 4.69) is 0 Å². The molecule has 2 amide bonds. The molecular formula is C23H29N3O3. The number of nitrogens with two attached hydrogens (primary N) is 1. The fraction of sp³-hybridized carbons (Fsp3) is 0.391. The van der Waals surface area contributed by atoms with E-state index >= 15 is 0 Å². The van der Waals surface area contributed by atoms with Crippen molar-refractivity contribution in [1.82, 2.24) is 9.80 Å². The lowest BCUT2D eigenvalue weighted by atomic mass is 9.94. The Labute approximate surface area is 172 Å². The molecule has 2 aromatic rings. The summed E-state index contributed by atoms with van der Waals surface area (Å²) in [4.78, 5) is 29.3. The van der Waals surface area contributed by atoms with Crippen molar-refractivity contribution in [2.24, 2.45) is 11.7 Å². The summed E-state index contributed by atoms with van der Waals surface area (Å²) in [5.74, 6) is 0.379. The van der Waals surface area contributed by atoms with Crippen LogP contribution in [0.1, 0.15) is 34.5 Å². The highest BCUT2D eigenvalue weighted by molar-refractivity contribution is 5.95. The third-order valence-corrected chi connectivity index (χ3v) is 5.65. The van der Waals surface area contributed by atoms with Gasteiger partial charge in [0.25, 0.3) is 5.91 Å². The van der Waals surface area contributed by atoms with Gasteiger partial charge in [-0.1, -0.05) is 43.3 Å². The number of piperazine rings is 1. The number of aryl methyl sites for hydroxylation is 1. The predicted molar refractivity (Wildman–Crippen MR) is 113 cm³/mol. The van der Waals surface area contributed by atoms with Gasteiger partial charge in [0.2, 0.25) is 5.91 Å². The van der Waals surface area contributed by atoms with E-state index in [9.17, 15) is 9.59 Å². The van der Waals surface area contributed by atoms with E-state index in [4.69, 9.17) is 10.5 Å². The number of ether oxygens (including phenoxy) is 1. The molecule has 2 unspecified atom stereocenters. The van der Waals surface area contributed by atoms with Gasteiger partial charge in [0, 0.05) is 37.8 Å². The number of rotatable bonds is 5. The molecule has 154 valence electrons. The zero-order valence-electron chi connectivity index (χ0n) is 17.3. The topological polar surface area (TPSA) is 75.9 Å². The fourth-order valence-electron chi connectivity index (χ4n) is 3.67. The number of carbonyl (C=O) groups is 2. The second-order valence-corrected chi connectivity index (χ2v) is 7.53. The van der Waals surface area contributed by atoms with E-state index in [0.717, 1.165) is 11.1 Å². The Morgan fingerprint density at radius 2 is 1.62 bits per heavy atom. The molecule has 0 saturated carbocycles. The van der Waals surface area contributed by atoms with Crippen LogP contribution in [0.4, 0.5) is 0 Å². The Kier molecular flexibility index (Phi) is 6.54. The number of hydrogen-bond donors (Lipinski definition) is 1. The quantitative estimate of drug-likeness (QED) is 0.844. The smallest absolute Gasteiger partial charge is 0.254 e. The van der Waals surface area contributed by atoms with Crippen molar-refractivity contribution in [3.63, 3.8) is 0 Å². The molecule has 6 nitrogen and oxygen atoms in total. The fourth-order valence-corrected chi connectivity index (χ4v) is 3.67. The van der Waals surface area contributed by atoms with E-state index < -0.39 is 0 Å². The zero-order chi connectivity index (χ0) is 21.0. The van der Waals surface area contributed by atoms with Gasteiger partial charge in [-0.05, 0) is 30.2 Å². The third kappa shape index (κ3) is 4.59. The van der Waals surface area contributed by atoms with E-state index in [1.54, 1.807) is 18.1 Å². The van der Waals surface area contributed by atoms with E-state index in [-0.39, 0.29) is 23.8 Å². The lowest BCUT2D eigenvalue weighted by molar-refractivity contribution is -0.137. The number of amides is 2.